The van der Waals surface area contributed by atoms with Gasteiger partial charge in [0.15, 0.2) is 0 Å². The molecule has 0 aliphatic heterocycles. The topological polar surface area (TPSA) is 46.1 Å². The number of rotatable bonds is 4. The average Bonchev–Trinajstić information content (AvgIpc) is 3.04. The zero-order chi connectivity index (χ0) is 15.4. The highest BCUT2D eigenvalue weighted by atomic mass is 32.1. The molecular formula is C17H15N3OS. The molecule has 0 aliphatic carbocycles. The number of pyridine rings is 1. The van der Waals surface area contributed by atoms with E-state index in [0.717, 1.165) is 22.0 Å². The molecule has 3 aromatic rings. The molecule has 0 atom stereocenters. The molecule has 2 aromatic heterocycles. The Labute approximate surface area is 133 Å². The zero-order valence-corrected chi connectivity index (χ0v) is 13.0. The number of thiazole rings is 1. The number of amides is 1. The second-order valence-electron chi connectivity index (χ2n) is 4.84. The van der Waals surface area contributed by atoms with Gasteiger partial charge in [-0.25, -0.2) is 4.98 Å². The first-order valence-corrected chi connectivity index (χ1v) is 7.78. The van der Waals surface area contributed by atoms with Crippen molar-refractivity contribution in [2.75, 3.05) is 11.9 Å². The lowest BCUT2D eigenvalue weighted by molar-refractivity contribution is -0.117. The van der Waals surface area contributed by atoms with Crippen molar-refractivity contribution in [1.82, 2.24) is 9.97 Å². The molecule has 0 aliphatic rings. The van der Waals surface area contributed by atoms with Crippen LogP contribution in [0.1, 0.15) is 5.69 Å². The van der Waals surface area contributed by atoms with Crippen molar-refractivity contribution in [3.05, 3.63) is 65.9 Å². The van der Waals surface area contributed by atoms with Crippen LogP contribution in [0.4, 0.5) is 5.69 Å². The first-order chi connectivity index (χ1) is 10.7. The molecule has 1 amide bonds. The summed E-state index contributed by atoms with van der Waals surface area (Å²) in [7, 11) is 1.79. The highest BCUT2D eigenvalue weighted by Gasteiger charge is 2.14. The Morgan fingerprint density at radius 2 is 1.86 bits per heavy atom. The van der Waals surface area contributed by atoms with Crippen molar-refractivity contribution in [1.29, 1.82) is 0 Å². The number of likely N-dealkylation sites (N-methyl/N-ethyl adjacent to an activating group) is 1. The summed E-state index contributed by atoms with van der Waals surface area (Å²) in [4.78, 5) is 22.5. The zero-order valence-electron chi connectivity index (χ0n) is 12.1. The molecule has 0 saturated carbocycles. The SMILES string of the molecule is CN(C(=O)Cc1csc(-c2ccncc2)n1)c1ccccc1. The number of aromatic nitrogens is 2. The summed E-state index contributed by atoms with van der Waals surface area (Å²) < 4.78 is 0. The molecule has 0 bridgehead atoms. The first-order valence-electron chi connectivity index (χ1n) is 6.90. The van der Waals surface area contributed by atoms with Gasteiger partial charge in [0.2, 0.25) is 5.91 Å². The Kier molecular flexibility index (Phi) is 4.25. The molecule has 0 fully saturated rings. The normalized spacial score (nSPS) is 10.4. The molecule has 1 aromatic carbocycles. The molecule has 3 rings (SSSR count). The number of hydrogen-bond donors (Lipinski definition) is 0. The van der Waals surface area contributed by atoms with Crippen molar-refractivity contribution in [3.8, 4) is 10.6 Å². The van der Waals surface area contributed by atoms with Crippen LogP contribution in [0.25, 0.3) is 10.6 Å². The minimum atomic E-state index is 0.0257. The number of carbonyl (C=O) groups excluding carboxylic acids is 1. The van der Waals surface area contributed by atoms with Crippen LogP contribution in [0, 0.1) is 0 Å². The Hall–Kier alpha value is -2.53. The smallest absolute Gasteiger partial charge is 0.232 e. The van der Waals surface area contributed by atoms with Gasteiger partial charge in [-0.05, 0) is 24.3 Å². The quantitative estimate of drug-likeness (QED) is 0.742. The van der Waals surface area contributed by atoms with Gasteiger partial charge in [-0.15, -0.1) is 11.3 Å². The summed E-state index contributed by atoms with van der Waals surface area (Å²) in [6.07, 6.45) is 3.78. The summed E-state index contributed by atoms with van der Waals surface area (Å²) in [6.45, 7) is 0. The second kappa shape index (κ2) is 6.49. The first kappa shape index (κ1) is 14.4. The van der Waals surface area contributed by atoms with Gasteiger partial charge in [-0.1, -0.05) is 18.2 Å². The summed E-state index contributed by atoms with van der Waals surface area (Å²) in [5.74, 6) is 0.0257. The van der Waals surface area contributed by atoms with Crippen LogP contribution in [0.15, 0.2) is 60.2 Å². The van der Waals surface area contributed by atoms with E-state index in [4.69, 9.17) is 0 Å². The van der Waals surface area contributed by atoms with E-state index in [1.54, 1.807) is 35.7 Å². The van der Waals surface area contributed by atoms with E-state index in [0.29, 0.717) is 6.42 Å². The molecule has 0 spiro atoms. The maximum Gasteiger partial charge on any atom is 0.232 e. The number of benzene rings is 1. The average molecular weight is 309 g/mol. The maximum atomic E-state index is 12.3. The third-order valence-electron chi connectivity index (χ3n) is 3.33. The maximum absolute atomic E-state index is 12.3. The highest BCUT2D eigenvalue weighted by molar-refractivity contribution is 7.13. The van der Waals surface area contributed by atoms with E-state index in [9.17, 15) is 4.79 Å². The van der Waals surface area contributed by atoms with Gasteiger partial charge < -0.3 is 4.90 Å². The Bertz CT molecular complexity index is 756. The predicted molar refractivity (Wildman–Crippen MR) is 88.9 cm³/mol. The summed E-state index contributed by atoms with van der Waals surface area (Å²) in [5, 5.41) is 2.85. The second-order valence-corrected chi connectivity index (χ2v) is 5.70. The third kappa shape index (κ3) is 3.20. The molecule has 0 unspecified atom stereocenters. The number of carbonyl (C=O) groups is 1. The van der Waals surface area contributed by atoms with Crippen molar-refractivity contribution in [3.63, 3.8) is 0 Å². The van der Waals surface area contributed by atoms with Gasteiger partial charge in [0.05, 0.1) is 12.1 Å². The lowest BCUT2D eigenvalue weighted by atomic mass is 10.2. The van der Waals surface area contributed by atoms with Gasteiger partial charge in [-0.2, -0.15) is 0 Å². The fraction of sp³-hybridized carbons (Fsp3) is 0.118. The Morgan fingerprint density at radius 3 is 2.59 bits per heavy atom. The molecule has 0 saturated heterocycles. The molecule has 4 nitrogen and oxygen atoms in total. The van der Waals surface area contributed by atoms with Crippen LogP contribution < -0.4 is 4.90 Å². The monoisotopic (exact) mass is 309 g/mol. The van der Waals surface area contributed by atoms with Gasteiger partial charge in [-0.3, -0.25) is 9.78 Å². The molecule has 110 valence electrons. The summed E-state index contributed by atoms with van der Waals surface area (Å²) >= 11 is 1.54. The summed E-state index contributed by atoms with van der Waals surface area (Å²) in [6, 6.07) is 13.4. The van der Waals surface area contributed by atoms with E-state index in [1.165, 1.54) is 0 Å². The summed E-state index contributed by atoms with van der Waals surface area (Å²) in [5.41, 5.74) is 2.71. The van der Waals surface area contributed by atoms with Crippen molar-refractivity contribution >= 4 is 22.9 Å². The molecule has 2 heterocycles. The fourth-order valence-corrected chi connectivity index (χ4v) is 2.91. The van der Waals surface area contributed by atoms with Crippen LogP contribution in [-0.2, 0) is 11.2 Å². The van der Waals surface area contributed by atoms with Crippen LogP contribution >= 0.6 is 11.3 Å². The van der Waals surface area contributed by atoms with Crippen LogP contribution in [0.5, 0.6) is 0 Å². The van der Waals surface area contributed by atoms with Gasteiger partial charge in [0.1, 0.15) is 5.01 Å². The van der Waals surface area contributed by atoms with E-state index in [-0.39, 0.29) is 5.91 Å². The van der Waals surface area contributed by atoms with E-state index >= 15 is 0 Å². The van der Waals surface area contributed by atoms with E-state index < -0.39 is 0 Å². The fourth-order valence-electron chi connectivity index (χ4n) is 2.08. The minimum absolute atomic E-state index is 0.0257. The molecule has 5 heteroatoms. The van der Waals surface area contributed by atoms with Crippen LogP contribution in [0.2, 0.25) is 0 Å². The van der Waals surface area contributed by atoms with Crippen molar-refractivity contribution in [2.24, 2.45) is 0 Å². The van der Waals surface area contributed by atoms with Gasteiger partial charge in [0.25, 0.3) is 0 Å². The number of anilines is 1. The standard InChI is InChI=1S/C17H15N3OS/c1-20(15-5-3-2-4-6-15)16(21)11-14-12-22-17(19-14)13-7-9-18-10-8-13/h2-10,12H,11H2,1H3. The van der Waals surface area contributed by atoms with E-state index in [1.807, 2.05) is 47.8 Å². The molecule has 22 heavy (non-hydrogen) atoms. The number of para-hydroxylation sites is 1. The van der Waals surface area contributed by atoms with Gasteiger partial charge in [0, 0.05) is 36.1 Å². The Morgan fingerprint density at radius 1 is 1.14 bits per heavy atom. The van der Waals surface area contributed by atoms with Gasteiger partial charge >= 0.3 is 0 Å². The number of hydrogen-bond acceptors (Lipinski definition) is 4. The lowest BCUT2D eigenvalue weighted by Gasteiger charge is -2.16. The van der Waals surface area contributed by atoms with Crippen LogP contribution in [0.3, 0.4) is 0 Å². The van der Waals surface area contributed by atoms with Crippen molar-refractivity contribution in [2.45, 2.75) is 6.42 Å². The van der Waals surface area contributed by atoms with E-state index in [2.05, 4.69) is 9.97 Å². The minimum Gasteiger partial charge on any atom is -0.315 e. The lowest BCUT2D eigenvalue weighted by Crippen LogP contribution is -2.27. The molecule has 0 N–H and O–H groups in total. The van der Waals surface area contributed by atoms with Crippen molar-refractivity contribution < 1.29 is 4.79 Å². The Balaban J connectivity index is 1.71. The third-order valence-corrected chi connectivity index (χ3v) is 4.27. The number of nitrogens with zero attached hydrogens (tertiary/aromatic N) is 3. The molecular weight excluding hydrogens is 294 g/mol. The van der Waals surface area contributed by atoms with Crippen LogP contribution in [-0.4, -0.2) is 22.9 Å². The molecule has 0 radical (unpaired) electrons. The largest absolute Gasteiger partial charge is 0.315 e. The predicted octanol–water partition coefficient (Wildman–Crippen LogP) is 3.41. The highest BCUT2D eigenvalue weighted by Crippen LogP contribution is 2.23.